The summed E-state index contributed by atoms with van der Waals surface area (Å²) in [6.45, 7) is 7.83. The first-order valence-electron chi connectivity index (χ1n) is 19.1. The lowest BCUT2D eigenvalue weighted by molar-refractivity contribution is -0.150. The molecule has 2 N–H and O–H groups in total. The first kappa shape index (κ1) is 38.7. The first-order chi connectivity index (χ1) is 26.2. The Labute approximate surface area is 317 Å². The second-order valence-corrected chi connectivity index (χ2v) is 15.8. The van der Waals surface area contributed by atoms with Gasteiger partial charge in [-0.2, -0.15) is 13.2 Å². The van der Waals surface area contributed by atoms with Gasteiger partial charge >= 0.3 is 12.1 Å². The summed E-state index contributed by atoms with van der Waals surface area (Å²) >= 11 is 0. The molecule has 55 heavy (non-hydrogen) atoms. The number of hydrogen-bond donors (Lipinski definition) is 2. The van der Waals surface area contributed by atoms with Gasteiger partial charge in [-0.05, 0) is 67.2 Å². The van der Waals surface area contributed by atoms with Gasteiger partial charge in [0.2, 0.25) is 11.9 Å². The fourth-order valence-electron chi connectivity index (χ4n) is 9.11. The van der Waals surface area contributed by atoms with Crippen LogP contribution in [0.4, 0.5) is 35.1 Å². The second kappa shape index (κ2) is 15.1. The van der Waals surface area contributed by atoms with Gasteiger partial charge in [-0.25, -0.2) is 29.1 Å². The molecular formula is C39H47F4N7O5. The third kappa shape index (κ3) is 7.53. The van der Waals surface area contributed by atoms with Gasteiger partial charge < -0.3 is 29.7 Å². The molecule has 296 valence electrons. The van der Waals surface area contributed by atoms with E-state index in [4.69, 9.17) is 9.47 Å². The number of rotatable bonds is 9. The van der Waals surface area contributed by atoms with E-state index in [1.807, 2.05) is 24.0 Å². The van der Waals surface area contributed by atoms with Gasteiger partial charge in [0.05, 0.1) is 18.0 Å². The highest BCUT2D eigenvalue weighted by Gasteiger charge is 2.52. The van der Waals surface area contributed by atoms with Gasteiger partial charge in [0.25, 0.3) is 5.91 Å². The number of anilines is 3. The lowest BCUT2D eigenvalue weighted by Crippen LogP contribution is -2.63. The van der Waals surface area contributed by atoms with Crippen molar-refractivity contribution in [1.29, 1.82) is 0 Å². The van der Waals surface area contributed by atoms with E-state index in [0.717, 1.165) is 37.0 Å². The maximum absolute atomic E-state index is 14.8. The van der Waals surface area contributed by atoms with Crippen LogP contribution < -0.4 is 19.9 Å². The molecule has 1 amide bonds. The van der Waals surface area contributed by atoms with Crippen molar-refractivity contribution in [2.75, 3.05) is 42.6 Å². The molecule has 1 aromatic carbocycles. The van der Waals surface area contributed by atoms with Crippen molar-refractivity contribution in [2.45, 2.75) is 95.4 Å². The Kier molecular flexibility index (Phi) is 10.7. The molecule has 1 aliphatic carbocycles. The summed E-state index contributed by atoms with van der Waals surface area (Å²) in [6, 6.07) is 5.55. The molecule has 2 aromatic heterocycles. The van der Waals surface area contributed by atoms with E-state index < -0.39 is 57.9 Å². The quantitative estimate of drug-likeness (QED) is 0.224. The molecule has 4 aliphatic rings. The predicted molar refractivity (Wildman–Crippen MR) is 194 cm³/mol. The number of nitrogens with zero attached hydrogens (tertiary/aromatic N) is 6. The van der Waals surface area contributed by atoms with E-state index in [2.05, 4.69) is 25.3 Å². The van der Waals surface area contributed by atoms with Crippen molar-refractivity contribution in [3.8, 4) is 5.75 Å². The molecular weight excluding hydrogens is 722 g/mol. The number of aliphatic carboxylic acids is 1. The molecule has 12 nitrogen and oxygen atoms in total. The molecule has 3 aromatic rings. The summed E-state index contributed by atoms with van der Waals surface area (Å²) in [5.41, 5.74) is -2.96. The Morgan fingerprint density at radius 3 is 2.35 bits per heavy atom. The van der Waals surface area contributed by atoms with E-state index in [1.54, 1.807) is 24.8 Å². The highest BCUT2D eigenvalue weighted by molar-refractivity contribution is 5.99. The van der Waals surface area contributed by atoms with Crippen molar-refractivity contribution >= 4 is 29.5 Å². The summed E-state index contributed by atoms with van der Waals surface area (Å²) in [5, 5.41) is 13.1. The van der Waals surface area contributed by atoms with E-state index >= 15 is 0 Å². The third-order valence-electron chi connectivity index (χ3n) is 12.1. The number of nitrogens with one attached hydrogen (secondary N) is 1. The maximum atomic E-state index is 14.8. The van der Waals surface area contributed by atoms with Gasteiger partial charge in [0, 0.05) is 63.0 Å². The molecule has 3 unspecified atom stereocenters. The molecule has 3 fully saturated rings. The van der Waals surface area contributed by atoms with Crippen LogP contribution >= 0.6 is 0 Å². The van der Waals surface area contributed by atoms with E-state index in [1.165, 1.54) is 0 Å². The number of benzene rings is 1. The zero-order chi connectivity index (χ0) is 39.1. The van der Waals surface area contributed by atoms with Crippen LogP contribution in [-0.2, 0) is 21.1 Å². The molecule has 7 rings (SSSR count). The average molecular weight is 770 g/mol. The number of hydrogen-bond acceptors (Lipinski definition) is 10. The minimum atomic E-state index is -5.04. The van der Waals surface area contributed by atoms with Crippen LogP contribution in [0.5, 0.6) is 5.75 Å². The molecule has 3 aliphatic heterocycles. The van der Waals surface area contributed by atoms with Crippen LogP contribution in [-0.4, -0.2) is 81.4 Å². The van der Waals surface area contributed by atoms with Crippen molar-refractivity contribution in [1.82, 2.24) is 25.3 Å². The van der Waals surface area contributed by atoms with E-state index in [-0.39, 0.29) is 18.0 Å². The molecule has 5 heterocycles. The topological polar surface area (TPSA) is 143 Å². The second-order valence-electron chi connectivity index (χ2n) is 15.8. The van der Waals surface area contributed by atoms with Crippen molar-refractivity contribution < 1.29 is 41.7 Å². The summed E-state index contributed by atoms with van der Waals surface area (Å²) in [6.07, 6.45) is 3.37. The van der Waals surface area contributed by atoms with Crippen molar-refractivity contribution in [2.24, 2.45) is 17.8 Å². The minimum absolute atomic E-state index is 0.105. The molecule has 2 saturated heterocycles. The zero-order valence-electron chi connectivity index (χ0n) is 31.2. The number of carbonyl (C=O) groups excluding carboxylic acids is 1. The zero-order valence-corrected chi connectivity index (χ0v) is 31.2. The number of ether oxygens (including phenoxy) is 2. The summed E-state index contributed by atoms with van der Waals surface area (Å²) in [4.78, 5) is 46.9. The smallest absolute Gasteiger partial charge is 0.434 e. The number of fused-ring (bicyclic) bond motifs is 2. The largest absolute Gasteiger partial charge is 0.490 e. The fourth-order valence-corrected chi connectivity index (χ4v) is 9.11. The maximum Gasteiger partial charge on any atom is 0.434 e. The molecule has 1 spiro atoms. The van der Waals surface area contributed by atoms with Gasteiger partial charge in [-0.1, -0.05) is 33.6 Å². The fraction of sp³-hybridized carbons (Fsp3) is 0.590. The van der Waals surface area contributed by atoms with Gasteiger partial charge in [-0.3, -0.25) is 4.79 Å². The van der Waals surface area contributed by atoms with Crippen LogP contribution in [0.2, 0.25) is 0 Å². The number of aromatic nitrogens is 4. The van der Waals surface area contributed by atoms with Crippen LogP contribution in [0.15, 0.2) is 36.8 Å². The van der Waals surface area contributed by atoms with Gasteiger partial charge in [-0.15, -0.1) is 0 Å². The number of carbonyl (C=O) groups is 2. The van der Waals surface area contributed by atoms with Gasteiger partial charge in [0.1, 0.15) is 17.4 Å². The number of carboxylic acid groups (broad SMARTS) is 1. The van der Waals surface area contributed by atoms with Crippen molar-refractivity contribution in [3.05, 3.63) is 59.4 Å². The Morgan fingerprint density at radius 2 is 1.71 bits per heavy atom. The summed E-state index contributed by atoms with van der Waals surface area (Å²) in [5.74, 6) is -2.91. The summed E-state index contributed by atoms with van der Waals surface area (Å²) in [7, 11) is 0. The highest BCUT2D eigenvalue weighted by atomic mass is 19.4. The van der Waals surface area contributed by atoms with Gasteiger partial charge in [0.15, 0.2) is 11.5 Å². The Morgan fingerprint density at radius 1 is 1.02 bits per heavy atom. The lowest BCUT2D eigenvalue weighted by Gasteiger charge is -2.44. The van der Waals surface area contributed by atoms with Crippen LogP contribution in [0.1, 0.15) is 93.8 Å². The number of piperidine rings is 1. The molecule has 0 bridgehead atoms. The number of amides is 1. The van der Waals surface area contributed by atoms with Crippen LogP contribution in [0, 0.1) is 23.6 Å². The number of halogens is 4. The summed E-state index contributed by atoms with van der Waals surface area (Å²) < 4.78 is 69.9. The third-order valence-corrected chi connectivity index (χ3v) is 12.1. The SMILES string of the molecule is CC1CCCC(C(NC(=O)c2cnc(N3CC4(CCOCC4)c4cc(OC5CCN(c6ncc(F)cn6)CC5)ccc43)nc2C(F)(F)F)(C(=O)O)C(C)C)C1. The normalized spacial score (nSPS) is 22.7. The van der Waals surface area contributed by atoms with Crippen LogP contribution in [0.3, 0.4) is 0 Å². The Bertz CT molecular complexity index is 1880. The lowest BCUT2D eigenvalue weighted by atomic mass is 9.66. The van der Waals surface area contributed by atoms with E-state index in [0.29, 0.717) is 88.8 Å². The van der Waals surface area contributed by atoms with E-state index in [9.17, 15) is 32.3 Å². The number of alkyl halides is 3. The highest BCUT2D eigenvalue weighted by Crippen LogP contribution is 2.50. The Balaban J connectivity index is 1.16. The molecule has 16 heteroatoms. The van der Waals surface area contributed by atoms with Crippen LogP contribution in [0.25, 0.3) is 0 Å². The Hall–Kier alpha value is -4.60. The molecule has 1 saturated carbocycles. The molecule has 0 radical (unpaired) electrons. The minimum Gasteiger partial charge on any atom is -0.490 e. The number of carboxylic acids is 1. The first-order valence-corrected chi connectivity index (χ1v) is 19.1. The van der Waals surface area contributed by atoms with Crippen molar-refractivity contribution in [3.63, 3.8) is 0 Å². The average Bonchev–Trinajstić information content (AvgIpc) is 3.46. The predicted octanol–water partition coefficient (Wildman–Crippen LogP) is 6.71. The standard InChI is InChI=1S/C39H47F4N7O5/c1-23(2)38(34(52)53,25-6-4-5-24(3)17-25)48-33(51)29-21-46-36(47-32(29)39(41,42)43)50-22-37(11-15-54-16-12-37)30-18-28(7-8-31(30)50)55-27-9-13-49(14-10-27)35-44-19-26(40)20-45-35/h7-8,18-21,23-25,27H,4-6,9-17,22H2,1-3H3,(H,48,51)(H,52,53). The monoisotopic (exact) mass is 769 g/mol. The molecule has 3 atom stereocenters.